The standard InChI is InChI=1S/C14H20BrNO2/c1-4-5-8-16(2)14(17)10-11-9-12(15)6-7-13(11)18-3/h6-7,9H,4-5,8,10H2,1-3H3. The van der Waals surface area contributed by atoms with E-state index in [9.17, 15) is 4.79 Å². The smallest absolute Gasteiger partial charge is 0.226 e. The molecule has 0 aliphatic carbocycles. The van der Waals surface area contributed by atoms with Crippen molar-refractivity contribution in [1.82, 2.24) is 4.90 Å². The average Bonchev–Trinajstić information content (AvgIpc) is 2.36. The van der Waals surface area contributed by atoms with Crippen molar-refractivity contribution >= 4 is 21.8 Å². The van der Waals surface area contributed by atoms with Gasteiger partial charge in [-0.2, -0.15) is 0 Å². The normalized spacial score (nSPS) is 10.2. The lowest BCUT2D eigenvalue weighted by atomic mass is 10.1. The van der Waals surface area contributed by atoms with Gasteiger partial charge in [-0.25, -0.2) is 0 Å². The highest BCUT2D eigenvalue weighted by atomic mass is 79.9. The number of carbonyl (C=O) groups excluding carboxylic acids is 1. The molecule has 1 rings (SSSR count). The lowest BCUT2D eigenvalue weighted by Crippen LogP contribution is -2.29. The average molecular weight is 314 g/mol. The summed E-state index contributed by atoms with van der Waals surface area (Å²) < 4.78 is 6.23. The quantitative estimate of drug-likeness (QED) is 0.806. The van der Waals surface area contributed by atoms with Crippen LogP contribution in [0, 0.1) is 0 Å². The van der Waals surface area contributed by atoms with Crippen LogP contribution in [0.4, 0.5) is 0 Å². The van der Waals surface area contributed by atoms with E-state index in [1.807, 2.05) is 25.2 Å². The van der Waals surface area contributed by atoms with Crippen molar-refractivity contribution in [3.63, 3.8) is 0 Å². The van der Waals surface area contributed by atoms with Gasteiger partial charge in [0, 0.05) is 23.6 Å². The molecular formula is C14H20BrNO2. The van der Waals surface area contributed by atoms with Gasteiger partial charge in [0.05, 0.1) is 13.5 Å². The SMILES string of the molecule is CCCCN(C)C(=O)Cc1cc(Br)ccc1OC. The lowest BCUT2D eigenvalue weighted by Gasteiger charge is -2.17. The first kappa shape index (κ1) is 15.0. The first-order valence-corrected chi connectivity index (χ1v) is 6.94. The third kappa shape index (κ3) is 4.33. The zero-order chi connectivity index (χ0) is 13.5. The fourth-order valence-electron chi connectivity index (χ4n) is 1.70. The largest absolute Gasteiger partial charge is 0.496 e. The van der Waals surface area contributed by atoms with Crippen molar-refractivity contribution in [3.8, 4) is 5.75 Å². The van der Waals surface area contributed by atoms with Crippen molar-refractivity contribution in [2.75, 3.05) is 20.7 Å². The maximum Gasteiger partial charge on any atom is 0.226 e. The molecule has 3 nitrogen and oxygen atoms in total. The highest BCUT2D eigenvalue weighted by Crippen LogP contribution is 2.23. The molecule has 1 aromatic rings. The van der Waals surface area contributed by atoms with Crippen LogP contribution >= 0.6 is 15.9 Å². The highest BCUT2D eigenvalue weighted by molar-refractivity contribution is 9.10. The predicted octanol–water partition coefficient (Wildman–Crippen LogP) is 3.26. The number of halogens is 1. The Balaban J connectivity index is 2.71. The van der Waals surface area contributed by atoms with Crippen LogP contribution in [0.1, 0.15) is 25.3 Å². The molecule has 100 valence electrons. The number of hydrogen-bond acceptors (Lipinski definition) is 2. The monoisotopic (exact) mass is 313 g/mol. The van der Waals surface area contributed by atoms with Crippen LogP contribution in [-0.2, 0) is 11.2 Å². The molecular weight excluding hydrogens is 294 g/mol. The molecule has 0 aromatic heterocycles. The molecule has 0 saturated carbocycles. The van der Waals surface area contributed by atoms with Crippen molar-refractivity contribution in [1.29, 1.82) is 0 Å². The van der Waals surface area contributed by atoms with Crippen molar-refractivity contribution < 1.29 is 9.53 Å². The molecule has 0 radical (unpaired) electrons. The number of likely N-dealkylation sites (N-methyl/N-ethyl adjacent to an activating group) is 1. The first-order chi connectivity index (χ1) is 8.58. The summed E-state index contributed by atoms with van der Waals surface area (Å²) in [4.78, 5) is 13.8. The minimum absolute atomic E-state index is 0.125. The van der Waals surface area contributed by atoms with Gasteiger partial charge in [0.15, 0.2) is 0 Å². The number of benzene rings is 1. The number of ether oxygens (including phenoxy) is 1. The second-order valence-corrected chi connectivity index (χ2v) is 5.22. The third-order valence-electron chi connectivity index (χ3n) is 2.86. The van der Waals surface area contributed by atoms with E-state index in [4.69, 9.17) is 4.74 Å². The van der Waals surface area contributed by atoms with Gasteiger partial charge in [-0.1, -0.05) is 29.3 Å². The van der Waals surface area contributed by atoms with Gasteiger partial charge in [-0.3, -0.25) is 4.79 Å². The number of hydrogen-bond donors (Lipinski definition) is 0. The Morgan fingerprint density at radius 2 is 2.17 bits per heavy atom. The molecule has 0 N–H and O–H groups in total. The summed E-state index contributed by atoms with van der Waals surface area (Å²) in [6.45, 7) is 2.93. The predicted molar refractivity (Wildman–Crippen MR) is 76.9 cm³/mol. The maximum atomic E-state index is 12.1. The molecule has 0 heterocycles. The van der Waals surface area contributed by atoms with E-state index in [0.717, 1.165) is 35.2 Å². The van der Waals surface area contributed by atoms with Gasteiger partial charge in [0.25, 0.3) is 0 Å². The van der Waals surface area contributed by atoms with E-state index >= 15 is 0 Å². The van der Waals surface area contributed by atoms with Gasteiger partial charge in [-0.15, -0.1) is 0 Å². The molecule has 1 amide bonds. The number of methoxy groups -OCH3 is 1. The number of nitrogens with zero attached hydrogens (tertiary/aromatic N) is 1. The number of rotatable bonds is 6. The van der Waals surface area contributed by atoms with Gasteiger partial charge in [-0.05, 0) is 24.6 Å². The molecule has 0 saturated heterocycles. The summed E-state index contributed by atoms with van der Waals surface area (Å²) in [5, 5.41) is 0. The fraction of sp³-hybridized carbons (Fsp3) is 0.500. The minimum Gasteiger partial charge on any atom is -0.496 e. The van der Waals surface area contributed by atoms with E-state index in [-0.39, 0.29) is 5.91 Å². The molecule has 0 aliphatic heterocycles. The van der Waals surface area contributed by atoms with Crippen LogP contribution in [0.15, 0.2) is 22.7 Å². The topological polar surface area (TPSA) is 29.5 Å². The number of carbonyl (C=O) groups is 1. The van der Waals surface area contributed by atoms with E-state index < -0.39 is 0 Å². The van der Waals surface area contributed by atoms with Gasteiger partial charge in [0.1, 0.15) is 5.75 Å². The van der Waals surface area contributed by atoms with E-state index in [0.29, 0.717) is 6.42 Å². The second kappa shape index (κ2) is 7.41. The zero-order valence-corrected chi connectivity index (χ0v) is 12.8. The Hall–Kier alpha value is -1.03. The van der Waals surface area contributed by atoms with Gasteiger partial charge < -0.3 is 9.64 Å². The fourth-order valence-corrected chi connectivity index (χ4v) is 2.11. The summed E-state index contributed by atoms with van der Waals surface area (Å²) in [5.74, 6) is 0.885. The van der Waals surface area contributed by atoms with Crippen LogP contribution in [0.2, 0.25) is 0 Å². The van der Waals surface area contributed by atoms with Gasteiger partial charge in [0.2, 0.25) is 5.91 Å². The van der Waals surface area contributed by atoms with E-state index in [1.54, 1.807) is 12.0 Å². The van der Waals surface area contributed by atoms with Crippen molar-refractivity contribution in [2.45, 2.75) is 26.2 Å². The molecule has 0 aliphatic rings. The summed E-state index contributed by atoms with van der Waals surface area (Å²) >= 11 is 3.41. The Morgan fingerprint density at radius 3 is 2.78 bits per heavy atom. The second-order valence-electron chi connectivity index (χ2n) is 4.30. The van der Waals surface area contributed by atoms with E-state index in [1.165, 1.54) is 0 Å². The molecule has 18 heavy (non-hydrogen) atoms. The molecule has 0 atom stereocenters. The number of amides is 1. The van der Waals surface area contributed by atoms with Crippen LogP contribution in [0.3, 0.4) is 0 Å². The summed E-state index contributed by atoms with van der Waals surface area (Å²) in [6.07, 6.45) is 2.51. The molecule has 0 spiro atoms. The zero-order valence-electron chi connectivity index (χ0n) is 11.2. The maximum absolute atomic E-state index is 12.1. The molecule has 4 heteroatoms. The first-order valence-electron chi connectivity index (χ1n) is 6.14. The third-order valence-corrected chi connectivity index (χ3v) is 3.35. The molecule has 0 fully saturated rings. The Morgan fingerprint density at radius 1 is 1.44 bits per heavy atom. The van der Waals surface area contributed by atoms with Crippen molar-refractivity contribution in [2.24, 2.45) is 0 Å². The van der Waals surface area contributed by atoms with Crippen LogP contribution in [0.25, 0.3) is 0 Å². The number of unbranched alkanes of at least 4 members (excludes halogenated alkanes) is 1. The summed E-state index contributed by atoms with van der Waals surface area (Å²) in [7, 11) is 3.47. The molecule has 0 bridgehead atoms. The van der Waals surface area contributed by atoms with Crippen LogP contribution < -0.4 is 4.74 Å². The molecule has 1 aromatic carbocycles. The Bertz CT molecular complexity index is 407. The lowest BCUT2D eigenvalue weighted by molar-refractivity contribution is -0.129. The summed E-state index contributed by atoms with van der Waals surface area (Å²) in [5.41, 5.74) is 0.917. The van der Waals surface area contributed by atoms with E-state index in [2.05, 4.69) is 22.9 Å². The summed E-state index contributed by atoms with van der Waals surface area (Å²) in [6, 6.07) is 5.72. The Kier molecular flexibility index (Phi) is 6.19. The van der Waals surface area contributed by atoms with Crippen LogP contribution in [0.5, 0.6) is 5.75 Å². The van der Waals surface area contributed by atoms with Crippen LogP contribution in [-0.4, -0.2) is 31.5 Å². The van der Waals surface area contributed by atoms with Gasteiger partial charge >= 0.3 is 0 Å². The van der Waals surface area contributed by atoms with Crippen molar-refractivity contribution in [3.05, 3.63) is 28.2 Å². The Labute approximate surface area is 117 Å². The molecule has 0 unspecified atom stereocenters. The highest BCUT2D eigenvalue weighted by Gasteiger charge is 2.12. The minimum atomic E-state index is 0.125.